The molecule has 0 saturated heterocycles. The Labute approximate surface area is 123 Å². The van der Waals surface area contributed by atoms with E-state index in [1.807, 2.05) is 0 Å². The standard InChI is InChI=1S/C13H9ClF2N2O3/c1-7(11-8(15)4-5-9(16)12(11)14)21-10-3-2-6-17-13(10)18(19)20/h2-7H,1H3/t7-/m0/s1. The van der Waals surface area contributed by atoms with Gasteiger partial charge in [0.05, 0.1) is 5.02 Å². The van der Waals surface area contributed by atoms with E-state index in [-0.39, 0.29) is 11.3 Å². The highest BCUT2D eigenvalue weighted by Gasteiger charge is 2.23. The normalized spacial score (nSPS) is 12.0. The van der Waals surface area contributed by atoms with Crippen molar-refractivity contribution in [2.24, 2.45) is 0 Å². The minimum absolute atomic E-state index is 0.158. The first-order chi connectivity index (χ1) is 9.91. The van der Waals surface area contributed by atoms with E-state index >= 15 is 0 Å². The second-order valence-electron chi connectivity index (χ2n) is 4.10. The Morgan fingerprint density at radius 3 is 2.67 bits per heavy atom. The van der Waals surface area contributed by atoms with Gasteiger partial charge in [-0.2, -0.15) is 0 Å². The van der Waals surface area contributed by atoms with Gasteiger partial charge in [-0.15, -0.1) is 0 Å². The topological polar surface area (TPSA) is 65.3 Å². The highest BCUT2D eigenvalue weighted by molar-refractivity contribution is 6.31. The van der Waals surface area contributed by atoms with Gasteiger partial charge < -0.3 is 14.9 Å². The molecule has 0 unspecified atom stereocenters. The van der Waals surface area contributed by atoms with Crippen molar-refractivity contribution < 1.29 is 18.4 Å². The second kappa shape index (κ2) is 6.01. The summed E-state index contributed by atoms with van der Waals surface area (Å²) in [5, 5.41) is 10.4. The first-order valence-corrected chi connectivity index (χ1v) is 6.19. The molecule has 21 heavy (non-hydrogen) atoms. The molecule has 0 amide bonds. The second-order valence-corrected chi connectivity index (χ2v) is 4.48. The van der Waals surface area contributed by atoms with Crippen molar-refractivity contribution >= 4 is 17.4 Å². The average molecular weight is 315 g/mol. The molecule has 110 valence electrons. The van der Waals surface area contributed by atoms with Crippen LogP contribution in [0.2, 0.25) is 5.02 Å². The number of rotatable bonds is 4. The number of nitrogens with zero attached hydrogens (tertiary/aromatic N) is 2. The Morgan fingerprint density at radius 2 is 2.00 bits per heavy atom. The van der Waals surface area contributed by atoms with Crippen LogP contribution in [0, 0.1) is 21.7 Å². The summed E-state index contributed by atoms with van der Waals surface area (Å²) in [5.41, 5.74) is -0.213. The summed E-state index contributed by atoms with van der Waals surface area (Å²) in [6.07, 6.45) is 0.196. The molecule has 5 nitrogen and oxygen atoms in total. The first-order valence-electron chi connectivity index (χ1n) is 5.81. The number of hydrogen-bond acceptors (Lipinski definition) is 4. The highest BCUT2D eigenvalue weighted by atomic mass is 35.5. The van der Waals surface area contributed by atoms with Crippen molar-refractivity contribution in [2.75, 3.05) is 0 Å². The molecule has 1 aromatic heterocycles. The van der Waals surface area contributed by atoms with Crippen LogP contribution in [0.1, 0.15) is 18.6 Å². The predicted molar refractivity (Wildman–Crippen MR) is 71.3 cm³/mol. The van der Waals surface area contributed by atoms with Crippen molar-refractivity contribution in [3.63, 3.8) is 0 Å². The van der Waals surface area contributed by atoms with Gasteiger partial charge in [-0.3, -0.25) is 0 Å². The van der Waals surface area contributed by atoms with Gasteiger partial charge in [0.15, 0.2) is 0 Å². The van der Waals surface area contributed by atoms with Gasteiger partial charge in [-0.05, 0) is 41.1 Å². The molecular weight excluding hydrogens is 306 g/mol. The van der Waals surface area contributed by atoms with Gasteiger partial charge in [0.2, 0.25) is 5.75 Å². The predicted octanol–water partition coefficient (Wildman–Crippen LogP) is 4.06. The molecule has 0 N–H and O–H groups in total. The van der Waals surface area contributed by atoms with Crippen LogP contribution in [-0.4, -0.2) is 9.91 Å². The van der Waals surface area contributed by atoms with Crippen LogP contribution in [0.4, 0.5) is 14.6 Å². The van der Waals surface area contributed by atoms with E-state index in [2.05, 4.69) is 4.98 Å². The summed E-state index contributed by atoms with van der Waals surface area (Å²) in [6, 6.07) is 4.54. The fraction of sp³-hybridized carbons (Fsp3) is 0.154. The summed E-state index contributed by atoms with van der Waals surface area (Å²) in [7, 11) is 0. The van der Waals surface area contributed by atoms with Crippen LogP contribution < -0.4 is 4.74 Å². The van der Waals surface area contributed by atoms with Gasteiger partial charge >= 0.3 is 5.82 Å². The molecule has 0 spiro atoms. The maximum absolute atomic E-state index is 13.8. The number of pyridine rings is 1. The van der Waals surface area contributed by atoms with Crippen LogP contribution in [0.15, 0.2) is 30.5 Å². The van der Waals surface area contributed by atoms with Crippen molar-refractivity contribution in [3.8, 4) is 5.75 Å². The Bertz CT molecular complexity index is 697. The molecule has 0 bridgehead atoms. The van der Waals surface area contributed by atoms with Crippen LogP contribution >= 0.6 is 11.6 Å². The number of benzene rings is 1. The fourth-order valence-corrected chi connectivity index (χ4v) is 2.08. The van der Waals surface area contributed by atoms with Gasteiger partial charge in [0, 0.05) is 5.56 Å². The molecule has 0 aliphatic carbocycles. The number of aromatic nitrogens is 1. The third-order valence-electron chi connectivity index (χ3n) is 2.71. The van der Waals surface area contributed by atoms with Gasteiger partial charge in [-0.25, -0.2) is 8.78 Å². The summed E-state index contributed by atoms with van der Waals surface area (Å²) in [6.45, 7) is 1.40. The lowest BCUT2D eigenvalue weighted by molar-refractivity contribution is -0.390. The molecule has 0 aliphatic heterocycles. The van der Waals surface area contributed by atoms with E-state index in [9.17, 15) is 18.9 Å². The largest absolute Gasteiger partial charge is 0.478 e. The van der Waals surface area contributed by atoms with E-state index < -0.39 is 33.5 Å². The molecule has 2 rings (SSSR count). The number of ether oxygens (including phenoxy) is 1. The molecule has 1 aromatic carbocycles. The average Bonchev–Trinajstić information content (AvgIpc) is 2.43. The summed E-state index contributed by atoms with van der Waals surface area (Å²) in [4.78, 5) is 13.7. The molecule has 1 heterocycles. The molecule has 0 saturated carbocycles. The third kappa shape index (κ3) is 3.08. The Hall–Kier alpha value is -2.28. The fourth-order valence-electron chi connectivity index (χ4n) is 1.78. The molecular formula is C13H9ClF2N2O3. The first kappa shape index (κ1) is 15.1. The minimum Gasteiger partial charge on any atom is -0.478 e. The third-order valence-corrected chi connectivity index (χ3v) is 3.10. The summed E-state index contributed by atoms with van der Waals surface area (Å²) in [5.74, 6) is -2.24. The van der Waals surface area contributed by atoms with Crippen LogP contribution in [-0.2, 0) is 0 Å². The van der Waals surface area contributed by atoms with Crippen molar-refractivity contribution in [2.45, 2.75) is 13.0 Å². The zero-order chi connectivity index (χ0) is 15.6. The molecule has 2 aromatic rings. The zero-order valence-electron chi connectivity index (χ0n) is 10.7. The summed E-state index contributed by atoms with van der Waals surface area (Å²) >= 11 is 5.72. The lowest BCUT2D eigenvalue weighted by atomic mass is 10.1. The molecule has 1 atom stereocenters. The molecule has 0 fully saturated rings. The Kier molecular flexibility index (Phi) is 4.32. The van der Waals surface area contributed by atoms with Crippen LogP contribution in [0.25, 0.3) is 0 Å². The summed E-state index contributed by atoms with van der Waals surface area (Å²) < 4.78 is 32.5. The molecule has 0 aliphatic rings. The van der Waals surface area contributed by atoms with Crippen LogP contribution in [0.3, 0.4) is 0 Å². The lowest BCUT2D eigenvalue weighted by Crippen LogP contribution is -2.09. The van der Waals surface area contributed by atoms with Crippen molar-refractivity contribution in [1.29, 1.82) is 0 Å². The van der Waals surface area contributed by atoms with E-state index in [4.69, 9.17) is 16.3 Å². The SMILES string of the molecule is C[C@H](Oc1cccnc1[N+](=O)[O-])c1c(F)ccc(F)c1Cl. The van der Waals surface area contributed by atoms with Gasteiger partial charge in [0.25, 0.3) is 0 Å². The quantitative estimate of drug-likeness (QED) is 0.485. The van der Waals surface area contributed by atoms with E-state index in [1.54, 1.807) is 0 Å². The van der Waals surface area contributed by atoms with Gasteiger partial charge in [0.1, 0.15) is 23.9 Å². The van der Waals surface area contributed by atoms with E-state index in [0.717, 1.165) is 12.1 Å². The Morgan fingerprint density at radius 1 is 1.33 bits per heavy atom. The van der Waals surface area contributed by atoms with E-state index in [0.29, 0.717) is 0 Å². The van der Waals surface area contributed by atoms with Crippen molar-refractivity contribution in [3.05, 3.63) is 62.8 Å². The number of halogens is 3. The molecule has 0 radical (unpaired) electrons. The van der Waals surface area contributed by atoms with Gasteiger partial charge in [-0.1, -0.05) is 11.6 Å². The van der Waals surface area contributed by atoms with Crippen LogP contribution in [0.5, 0.6) is 5.75 Å². The zero-order valence-corrected chi connectivity index (χ0v) is 11.5. The maximum atomic E-state index is 13.8. The van der Waals surface area contributed by atoms with Crippen molar-refractivity contribution in [1.82, 2.24) is 4.98 Å². The Balaban J connectivity index is 2.38. The molecule has 8 heteroatoms. The lowest BCUT2D eigenvalue weighted by Gasteiger charge is -2.16. The van der Waals surface area contributed by atoms with E-state index in [1.165, 1.54) is 25.3 Å². The number of hydrogen-bond donors (Lipinski definition) is 0. The smallest absolute Gasteiger partial charge is 0.406 e. The number of nitro groups is 1. The maximum Gasteiger partial charge on any atom is 0.406 e. The highest BCUT2D eigenvalue weighted by Crippen LogP contribution is 2.33. The minimum atomic E-state index is -1.03. The monoisotopic (exact) mass is 314 g/mol.